The van der Waals surface area contributed by atoms with E-state index in [0.717, 1.165) is 32.2 Å². The highest BCUT2D eigenvalue weighted by molar-refractivity contribution is 5.91. The number of carbonyl (C=O) groups is 2. The van der Waals surface area contributed by atoms with Gasteiger partial charge in [0.25, 0.3) is 5.91 Å². The number of piperidine rings is 1. The van der Waals surface area contributed by atoms with E-state index >= 15 is 0 Å². The largest absolute Gasteiger partial charge is 0.343 e. The van der Waals surface area contributed by atoms with Crippen LogP contribution in [0.15, 0.2) is 4.99 Å². The lowest BCUT2D eigenvalue weighted by atomic mass is 9.96. The second-order valence-corrected chi connectivity index (χ2v) is 5.36. The fourth-order valence-electron chi connectivity index (χ4n) is 2.44. The van der Waals surface area contributed by atoms with Crippen LogP contribution in [-0.2, 0) is 9.59 Å². The number of rotatable bonds is 5. The number of nitrogens with one attached hydrogen (secondary N) is 1. The van der Waals surface area contributed by atoms with Gasteiger partial charge in [0.1, 0.15) is 6.04 Å². The normalized spacial score (nSPS) is 23.4. The van der Waals surface area contributed by atoms with Crippen molar-refractivity contribution in [3.8, 4) is 0 Å². The van der Waals surface area contributed by atoms with Gasteiger partial charge < -0.3 is 5.32 Å². The van der Waals surface area contributed by atoms with Crippen LogP contribution in [-0.4, -0.2) is 49.1 Å². The zero-order valence-electron chi connectivity index (χ0n) is 12.2. The highest BCUT2D eigenvalue weighted by Gasteiger charge is 2.31. The van der Waals surface area contributed by atoms with Gasteiger partial charge in [-0.15, -0.1) is 0 Å². The van der Waals surface area contributed by atoms with Crippen molar-refractivity contribution < 1.29 is 9.59 Å². The molecule has 0 aromatic rings. The van der Waals surface area contributed by atoms with Gasteiger partial charge in [-0.25, -0.2) is 4.99 Å². The van der Waals surface area contributed by atoms with Gasteiger partial charge in [0.15, 0.2) is 0 Å². The highest BCUT2D eigenvalue weighted by atomic mass is 16.2. The number of hydrogen-bond donors (Lipinski definition) is 1. The molecule has 5 heteroatoms. The molecule has 1 fully saturated rings. The van der Waals surface area contributed by atoms with Crippen molar-refractivity contribution >= 4 is 18.5 Å². The lowest BCUT2D eigenvalue weighted by molar-refractivity contribution is -0.132. The third kappa shape index (κ3) is 4.13. The smallest absolute Gasteiger partial charge is 0.267 e. The zero-order valence-corrected chi connectivity index (χ0v) is 12.2. The highest BCUT2D eigenvalue weighted by Crippen LogP contribution is 2.16. The Bertz CT molecular complexity index is 344. The quantitative estimate of drug-likeness (QED) is 0.762. The number of nitrogens with zero attached hydrogens (tertiary/aromatic N) is 2. The van der Waals surface area contributed by atoms with Crippen molar-refractivity contribution in [3.63, 3.8) is 0 Å². The van der Waals surface area contributed by atoms with E-state index in [0.29, 0.717) is 0 Å². The van der Waals surface area contributed by atoms with Crippen LogP contribution in [0.25, 0.3) is 0 Å². The summed E-state index contributed by atoms with van der Waals surface area (Å²) in [4.78, 5) is 29.6. The zero-order chi connectivity index (χ0) is 14.4. The van der Waals surface area contributed by atoms with Gasteiger partial charge in [0, 0.05) is 0 Å². The summed E-state index contributed by atoms with van der Waals surface area (Å²) in [5, 5.41) is 2.85. The van der Waals surface area contributed by atoms with Crippen LogP contribution >= 0.6 is 0 Å². The third-order valence-corrected chi connectivity index (χ3v) is 4.01. The summed E-state index contributed by atoms with van der Waals surface area (Å²) in [6, 6.07) is -0.678. The Morgan fingerprint density at radius 2 is 2.16 bits per heavy atom. The van der Waals surface area contributed by atoms with E-state index in [-0.39, 0.29) is 23.8 Å². The van der Waals surface area contributed by atoms with Gasteiger partial charge >= 0.3 is 0 Å². The van der Waals surface area contributed by atoms with E-state index in [1.807, 2.05) is 20.9 Å². The molecule has 19 heavy (non-hydrogen) atoms. The van der Waals surface area contributed by atoms with Gasteiger partial charge in [-0.1, -0.05) is 26.7 Å². The first-order valence-corrected chi connectivity index (χ1v) is 7.02. The number of amides is 2. The maximum atomic E-state index is 12.3. The molecule has 0 aliphatic carbocycles. The number of likely N-dealkylation sites (N-methyl/N-ethyl adjacent to an activating group) is 1. The molecule has 5 nitrogen and oxygen atoms in total. The molecular weight excluding hydrogens is 242 g/mol. The fraction of sp³-hybridized carbons (Fsp3) is 0.786. The van der Waals surface area contributed by atoms with Gasteiger partial charge in [0.05, 0.1) is 6.04 Å². The molecule has 1 heterocycles. The van der Waals surface area contributed by atoms with Gasteiger partial charge in [-0.3, -0.25) is 14.5 Å². The van der Waals surface area contributed by atoms with E-state index in [2.05, 4.69) is 21.9 Å². The van der Waals surface area contributed by atoms with Crippen LogP contribution in [0.4, 0.5) is 0 Å². The molecule has 0 saturated carbocycles. The monoisotopic (exact) mass is 267 g/mol. The summed E-state index contributed by atoms with van der Waals surface area (Å²) in [6.45, 7) is 8.14. The van der Waals surface area contributed by atoms with Gasteiger partial charge in [-0.2, -0.15) is 0 Å². The molecule has 2 amide bonds. The van der Waals surface area contributed by atoms with Crippen molar-refractivity contribution in [2.75, 3.05) is 13.6 Å². The molecule has 1 rings (SSSR count). The lowest BCUT2D eigenvalue weighted by Crippen LogP contribution is -2.53. The maximum absolute atomic E-state index is 12.3. The van der Waals surface area contributed by atoms with E-state index in [4.69, 9.17) is 0 Å². The number of likely N-dealkylation sites (tertiary alicyclic amines) is 1. The molecule has 0 spiro atoms. The molecule has 0 aromatic carbocycles. The van der Waals surface area contributed by atoms with Crippen LogP contribution in [0.5, 0.6) is 0 Å². The number of carbonyl (C=O) groups excluding carboxylic acids is 2. The molecule has 1 N–H and O–H groups in total. The Kier molecular flexibility index (Phi) is 6.15. The summed E-state index contributed by atoms with van der Waals surface area (Å²) in [5.74, 6) is -0.346. The van der Waals surface area contributed by atoms with Crippen LogP contribution in [0.1, 0.15) is 39.5 Å². The van der Waals surface area contributed by atoms with Gasteiger partial charge in [0.2, 0.25) is 5.91 Å². The summed E-state index contributed by atoms with van der Waals surface area (Å²) in [6.07, 6.45) is 3.85. The molecule has 0 aromatic heterocycles. The third-order valence-electron chi connectivity index (χ3n) is 4.01. The minimum Gasteiger partial charge on any atom is -0.343 e. The first-order chi connectivity index (χ1) is 9.01. The molecule has 3 unspecified atom stereocenters. The molecule has 3 atom stereocenters. The van der Waals surface area contributed by atoms with Crippen molar-refractivity contribution in [1.82, 2.24) is 10.2 Å². The van der Waals surface area contributed by atoms with E-state index in [1.165, 1.54) is 0 Å². The predicted octanol–water partition coefficient (Wildman–Crippen LogP) is 1.23. The Morgan fingerprint density at radius 3 is 2.68 bits per heavy atom. The van der Waals surface area contributed by atoms with Crippen LogP contribution < -0.4 is 5.32 Å². The second kappa shape index (κ2) is 7.38. The Labute approximate surface area is 115 Å². The summed E-state index contributed by atoms with van der Waals surface area (Å²) >= 11 is 0. The predicted molar refractivity (Wildman–Crippen MR) is 76.2 cm³/mol. The minimum absolute atomic E-state index is 0.0653. The first-order valence-electron chi connectivity index (χ1n) is 7.02. The molecule has 1 aliphatic rings. The average Bonchev–Trinajstić information content (AvgIpc) is 2.43. The SMILES string of the molecule is C=NC(=O)C(NC(=O)C1CCCCN1C)C(C)CC. The summed E-state index contributed by atoms with van der Waals surface area (Å²) in [7, 11) is 1.95. The summed E-state index contributed by atoms with van der Waals surface area (Å²) in [5.41, 5.74) is 0. The Hall–Kier alpha value is -1.23. The number of hydrogen-bond acceptors (Lipinski definition) is 3. The maximum Gasteiger partial charge on any atom is 0.267 e. The van der Waals surface area contributed by atoms with Gasteiger partial charge in [-0.05, 0) is 39.1 Å². The second-order valence-electron chi connectivity index (χ2n) is 5.36. The molecular formula is C14H25N3O2. The van der Waals surface area contributed by atoms with Crippen molar-refractivity contribution in [3.05, 3.63) is 0 Å². The average molecular weight is 267 g/mol. The first kappa shape index (κ1) is 15.8. The van der Waals surface area contributed by atoms with Crippen molar-refractivity contribution in [2.45, 2.75) is 51.6 Å². The molecule has 0 radical (unpaired) electrons. The number of aliphatic imine (C=N–C) groups is 1. The molecule has 0 bridgehead atoms. The lowest BCUT2D eigenvalue weighted by Gasteiger charge is -2.33. The van der Waals surface area contributed by atoms with Crippen molar-refractivity contribution in [1.29, 1.82) is 0 Å². The molecule has 1 aliphatic heterocycles. The minimum atomic E-state index is -0.551. The van der Waals surface area contributed by atoms with Crippen LogP contribution in [0.2, 0.25) is 0 Å². The van der Waals surface area contributed by atoms with Crippen LogP contribution in [0, 0.1) is 5.92 Å². The van der Waals surface area contributed by atoms with Crippen molar-refractivity contribution in [2.24, 2.45) is 10.9 Å². The standard InChI is InChI=1S/C14H25N3O2/c1-5-10(2)12(14(19)15-3)16-13(18)11-8-6-7-9-17(11)4/h10-12H,3,5-9H2,1-2,4H3,(H,16,18). The van der Waals surface area contributed by atoms with Crippen LogP contribution in [0.3, 0.4) is 0 Å². The molecule has 108 valence electrons. The summed E-state index contributed by atoms with van der Waals surface area (Å²) < 4.78 is 0. The topological polar surface area (TPSA) is 61.8 Å². The van der Waals surface area contributed by atoms with E-state index < -0.39 is 6.04 Å². The Balaban J connectivity index is 2.69. The van der Waals surface area contributed by atoms with E-state index in [1.54, 1.807) is 0 Å². The molecule has 1 saturated heterocycles. The Morgan fingerprint density at radius 1 is 1.47 bits per heavy atom. The van der Waals surface area contributed by atoms with E-state index in [9.17, 15) is 9.59 Å². The fourth-order valence-corrected chi connectivity index (χ4v) is 2.44.